The first-order valence-corrected chi connectivity index (χ1v) is 11.1. The molecule has 2 heterocycles. The predicted molar refractivity (Wildman–Crippen MR) is 135 cm³/mol. The maximum atomic E-state index is 12.3. The van der Waals surface area contributed by atoms with Crippen LogP contribution in [0.5, 0.6) is 0 Å². The fourth-order valence-corrected chi connectivity index (χ4v) is 4.14. The van der Waals surface area contributed by atoms with Gasteiger partial charge in [0.1, 0.15) is 0 Å². The summed E-state index contributed by atoms with van der Waals surface area (Å²) in [5.41, 5.74) is 1.91. The quantitative estimate of drug-likeness (QED) is 0.288. The molecule has 1 aromatic rings. The van der Waals surface area contributed by atoms with Crippen LogP contribution in [0.15, 0.2) is 29.3 Å². The highest BCUT2D eigenvalue weighted by Gasteiger charge is 2.22. The van der Waals surface area contributed by atoms with Crippen LogP contribution in [0, 0.1) is 0 Å². The number of halogens is 1. The number of aliphatic imine (C=N–C) groups is 1. The molecule has 2 fully saturated rings. The number of rotatable bonds is 7. The smallest absolute Gasteiger partial charge is 0.321 e. The second-order valence-electron chi connectivity index (χ2n) is 7.83. The van der Waals surface area contributed by atoms with Crippen LogP contribution in [0.1, 0.15) is 45.1 Å². The Morgan fingerprint density at radius 3 is 2.67 bits per heavy atom. The van der Waals surface area contributed by atoms with E-state index in [-0.39, 0.29) is 30.0 Å². The SMILES string of the molecule is CCNC(=NCc1cccc(NC(=O)N2CCCC2)c1)NCC1CCCN1CC.I. The molecule has 3 N–H and O–H groups in total. The molecular formula is C22H37IN6O. The van der Waals surface area contributed by atoms with Crippen molar-refractivity contribution in [2.45, 2.75) is 52.1 Å². The Balaban J connectivity index is 0.00000320. The second kappa shape index (κ2) is 13.0. The molecular weight excluding hydrogens is 491 g/mol. The van der Waals surface area contributed by atoms with Gasteiger partial charge >= 0.3 is 6.03 Å². The third-order valence-corrected chi connectivity index (χ3v) is 5.75. The van der Waals surface area contributed by atoms with Crippen LogP contribution in [-0.4, -0.2) is 67.1 Å². The summed E-state index contributed by atoms with van der Waals surface area (Å²) in [6.07, 6.45) is 4.72. The van der Waals surface area contributed by atoms with E-state index in [0.29, 0.717) is 12.6 Å². The molecule has 2 saturated heterocycles. The number of nitrogens with zero attached hydrogens (tertiary/aromatic N) is 3. The predicted octanol–water partition coefficient (Wildman–Crippen LogP) is 3.47. The van der Waals surface area contributed by atoms with Gasteiger partial charge in [-0.25, -0.2) is 9.79 Å². The molecule has 0 saturated carbocycles. The Morgan fingerprint density at radius 2 is 1.93 bits per heavy atom. The van der Waals surface area contributed by atoms with Crippen LogP contribution < -0.4 is 16.0 Å². The van der Waals surface area contributed by atoms with E-state index < -0.39 is 0 Å². The van der Waals surface area contributed by atoms with Gasteiger partial charge in [-0.3, -0.25) is 4.90 Å². The van der Waals surface area contributed by atoms with E-state index in [2.05, 4.69) is 34.7 Å². The normalized spacial score (nSPS) is 19.5. The fraction of sp³-hybridized carbons (Fsp3) is 0.636. The molecule has 3 rings (SSSR count). The summed E-state index contributed by atoms with van der Waals surface area (Å²) in [6.45, 7) is 10.7. The molecule has 30 heavy (non-hydrogen) atoms. The second-order valence-corrected chi connectivity index (χ2v) is 7.83. The van der Waals surface area contributed by atoms with Crippen LogP contribution in [0.25, 0.3) is 0 Å². The number of urea groups is 1. The zero-order valence-electron chi connectivity index (χ0n) is 18.3. The zero-order valence-corrected chi connectivity index (χ0v) is 20.7. The number of nitrogens with one attached hydrogen (secondary N) is 3. The minimum absolute atomic E-state index is 0. The minimum atomic E-state index is -0.00445. The van der Waals surface area contributed by atoms with E-state index in [9.17, 15) is 4.79 Å². The number of hydrogen-bond acceptors (Lipinski definition) is 3. The molecule has 1 atom stereocenters. The van der Waals surface area contributed by atoms with Gasteiger partial charge in [-0.1, -0.05) is 19.1 Å². The van der Waals surface area contributed by atoms with Crippen molar-refractivity contribution >= 4 is 41.7 Å². The maximum absolute atomic E-state index is 12.3. The molecule has 2 aliphatic rings. The van der Waals surface area contributed by atoms with Gasteiger partial charge in [-0.15, -0.1) is 24.0 Å². The standard InChI is InChI=1S/C22H36N6O.HI/c1-3-23-21(25-17-20-11-8-14-27(20)4-2)24-16-18-9-7-10-19(15-18)26-22(29)28-12-5-6-13-28;/h7,9-10,15,20H,3-6,8,11-14,16-17H2,1-2H3,(H,26,29)(H2,23,24,25);1H. The molecule has 1 aromatic carbocycles. The lowest BCUT2D eigenvalue weighted by Gasteiger charge is -2.24. The summed E-state index contributed by atoms with van der Waals surface area (Å²) in [6, 6.07) is 8.56. The van der Waals surface area contributed by atoms with Crippen molar-refractivity contribution in [3.63, 3.8) is 0 Å². The van der Waals surface area contributed by atoms with Crippen LogP contribution >= 0.6 is 24.0 Å². The summed E-state index contributed by atoms with van der Waals surface area (Å²) >= 11 is 0. The lowest BCUT2D eigenvalue weighted by molar-refractivity contribution is 0.222. The maximum Gasteiger partial charge on any atom is 0.321 e. The number of carbonyl (C=O) groups is 1. The van der Waals surface area contributed by atoms with Crippen LogP contribution in [0.4, 0.5) is 10.5 Å². The van der Waals surface area contributed by atoms with Crippen molar-refractivity contribution in [3.05, 3.63) is 29.8 Å². The van der Waals surface area contributed by atoms with Crippen LogP contribution in [-0.2, 0) is 6.54 Å². The number of carbonyl (C=O) groups excluding carboxylic acids is 1. The first kappa shape index (κ1) is 24.7. The summed E-state index contributed by atoms with van der Waals surface area (Å²) in [5, 5.41) is 9.85. The number of anilines is 1. The van der Waals surface area contributed by atoms with E-state index in [1.165, 1.54) is 19.4 Å². The average molecular weight is 528 g/mol. The van der Waals surface area contributed by atoms with Crippen LogP contribution in [0.3, 0.4) is 0 Å². The van der Waals surface area contributed by atoms with Gasteiger partial charge in [0, 0.05) is 37.9 Å². The van der Waals surface area contributed by atoms with Crippen molar-refractivity contribution < 1.29 is 4.79 Å². The average Bonchev–Trinajstić information content (AvgIpc) is 3.42. The Hall–Kier alpha value is -1.55. The van der Waals surface area contributed by atoms with E-state index >= 15 is 0 Å². The number of amides is 2. The van der Waals surface area contributed by atoms with E-state index in [4.69, 9.17) is 4.99 Å². The van der Waals surface area contributed by atoms with E-state index in [0.717, 1.165) is 62.8 Å². The molecule has 0 bridgehead atoms. The van der Waals surface area contributed by atoms with Gasteiger partial charge < -0.3 is 20.9 Å². The first-order chi connectivity index (χ1) is 14.2. The highest BCUT2D eigenvalue weighted by molar-refractivity contribution is 14.0. The number of likely N-dealkylation sites (N-methyl/N-ethyl adjacent to an activating group) is 1. The lowest BCUT2D eigenvalue weighted by Crippen LogP contribution is -2.44. The highest BCUT2D eigenvalue weighted by atomic mass is 127. The third kappa shape index (κ3) is 7.30. The Morgan fingerprint density at radius 1 is 1.13 bits per heavy atom. The largest absolute Gasteiger partial charge is 0.357 e. The van der Waals surface area contributed by atoms with Crippen molar-refractivity contribution in [2.75, 3.05) is 44.6 Å². The lowest BCUT2D eigenvalue weighted by atomic mass is 10.2. The molecule has 0 aliphatic carbocycles. The summed E-state index contributed by atoms with van der Waals surface area (Å²) in [7, 11) is 0. The summed E-state index contributed by atoms with van der Waals surface area (Å²) in [4.78, 5) is 21.5. The number of hydrogen-bond donors (Lipinski definition) is 3. The first-order valence-electron chi connectivity index (χ1n) is 11.1. The van der Waals surface area contributed by atoms with Crippen molar-refractivity contribution in [2.24, 2.45) is 4.99 Å². The molecule has 0 radical (unpaired) electrons. The zero-order chi connectivity index (χ0) is 20.5. The minimum Gasteiger partial charge on any atom is -0.357 e. The topological polar surface area (TPSA) is 72.0 Å². The van der Waals surface area contributed by atoms with Crippen LogP contribution in [0.2, 0.25) is 0 Å². The number of guanidine groups is 1. The van der Waals surface area contributed by atoms with E-state index in [1.807, 2.05) is 29.2 Å². The molecule has 2 amide bonds. The Labute approximate surface area is 198 Å². The van der Waals surface area contributed by atoms with Gasteiger partial charge in [0.15, 0.2) is 5.96 Å². The van der Waals surface area contributed by atoms with Gasteiger partial charge in [0.05, 0.1) is 6.54 Å². The van der Waals surface area contributed by atoms with Gasteiger partial charge in [0.25, 0.3) is 0 Å². The molecule has 1 unspecified atom stereocenters. The van der Waals surface area contributed by atoms with Crippen molar-refractivity contribution in [1.82, 2.24) is 20.4 Å². The van der Waals surface area contributed by atoms with Gasteiger partial charge in [-0.05, 0) is 63.4 Å². The van der Waals surface area contributed by atoms with Gasteiger partial charge in [-0.2, -0.15) is 0 Å². The molecule has 168 valence electrons. The molecule has 7 nitrogen and oxygen atoms in total. The Bertz CT molecular complexity index is 692. The summed E-state index contributed by atoms with van der Waals surface area (Å²) < 4.78 is 0. The molecule has 8 heteroatoms. The number of benzene rings is 1. The van der Waals surface area contributed by atoms with Gasteiger partial charge in [0.2, 0.25) is 0 Å². The fourth-order valence-electron chi connectivity index (χ4n) is 4.14. The van der Waals surface area contributed by atoms with Crippen molar-refractivity contribution in [3.8, 4) is 0 Å². The molecule has 0 spiro atoms. The van der Waals surface area contributed by atoms with E-state index in [1.54, 1.807) is 0 Å². The Kier molecular flexibility index (Phi) is 10.7. The molecule has 2 aliphatic heterocycles. The highest BCUT2D eigenvalue weighted by Crippen LogP contribution is 2.16. The number of likely N-dealkylation sites (tertiary alicyclic amines) is 2. The summed E-state index contributed by atoms with van der Waals surface area (Å²) in [5.74, 6) is 0.849. The third-order valence-electron chi connectivity index (χ3n) is 5.75. The van der Waals surface area contributed by atoms with Crippen molar-refractivity contribution in [1.29, 1.82) is 0 Å². The molecule has 0 aromatic heterocycles. The monoisotopic (exact) mass is 528 g/mol.